The maximum Gasteiger partial charge on any atom is 0.320 e. The lowest BCUT2D eigenvalue weighted by molar-refractivity contribution is -0.142. The third-order valence-electron chi connectivity index (χ3n) is 2.91. The van der Waals surface area contributed by atoms with Gasteiger partial charge in [-0.2, -0.15) is 0 Å². The van der Waals surface area contributed by atoms with Gasteiger partial charge in [0.15, 0.2) is 0 Å². The molecule has 0 heterocycles. The second-order valence-electron chi connectivity index (χ2n) is 4.79. The fraction of sp³-hybridized carbons (Fsp3) is 0.818. The lowest BCUT2D eigenvalue weighted by atomic mass is 9.90. The number of thiocarbonyl (C=S) groups is 1. The number of rotatable bonds is 7. The van der Waals surface area contributed by atoms with E-state index in [0.717, 1.165) is 19.4 Å². The van der Waals surface area contributed by atoms with Gasteiger partial charge in [-0.1, -0.05) is 26.1 Å². The number of thiol groups is 1. The van der Waals surface area contributed by atoms with Gasteiger partial charge in [-0.25, -0.2) is 0 Å². The quantitative estimate of drug-likeness (QED) is 0.547. The standard InChI is InChI=1S/C11H21NO2S2/c1-8(9(13)14)12(4)7-5-6-11(2,3)10(15)16/h8H,5-7H2,1-4H3,(H,13,14)(H,15,16)/t8-/m0/s1. The molecule has 0 radical (unpaired) electrons. The maximum absolute atomic E-state index is 10.7. The van der Waals surface area contributed by atoms with Crippen molar-refractivity contribution in [3.63, 3.8) is 0 Å². The molecule has 0 spiro atoms. The largest absolute Gasteiger partial charge is 0.480 e. The van der Waals surface area contributed by atoms with Gasteiger partial charge in [-0.3, -0.25) is 9.69 Å². The van der Waals surface area contributed by atoms with Crippen molar-refractivity contribution in [1.82, 2.24) is 4.90 Å². The Balaban J connectivity index is 4.00. The van der Waals surface area contributed by atoms with Crippen LogP contribution in [0.15, 0.2) is 0 Å². The van der Waals surface area contributed by atoms with Crippen molar-refractivity contribution in [2.75, 3.05) is 13.6 Å². The van der Waals surface area contributed by atoms with Crippen LogP contribution >= 0.6 is 24.8 Å². The second-order valence-corrected chi connectivity index (χ2v) is 5.95. The Bertz CT molecular complexity index is 267. The molecule has 0 unspecified atom stereocenters. The fourth-order valence-corrected chi connectivity index (χ4v) is 1.47. The van der Waals surface area contributed by atoms with Gasteiger partial charge in [0.2, 0.25) is 0 Å². The third kappa shape index (κ3) is 5.27. The van der Waals surface area contributed by atoms with Crippen molar-refractivity contribution >= 4 is 35.0 Å². The molecule has 0 rings (SSSR count). The molecule has 0 fully saturated rings. The summed E-state index contributed by atoms with van der Waals surface area (Å²) in [4.78, 5) is 12.6. The van der Waals surface area contributed by atoms with E-state index in [1.54, 1.807) is 6.92 Å². The van der Waals surface area contributed by atoms with Crippen LogP contribution in [0.4, 0.5) is 0 Å². The molecule has 16 heavy (non-hydrogen) atoms. The molecule has 0 aromatic carbocycles. The topological polar surface area (TPSA) is 40.5 Å². The van der Waals surface area contributed by atoms with Crippen LogP contribution in [0.25, 0.3) is 0 Å². The Labute approximate surface area is 109 Å². The Kier molecular flexibility index (Phi) is 6.51. The van der Waals surface area contributed by atoms with Crippen LogP contribution in [0, 0.1) is 5.41 Å². The molecule has 0 aromatic rings. The van der Waals surface area contributed by atoms with E-state index in [2.05, 4.69) is 26.5 Å². The minimum absolute atomic E-state index is 0.0637. The van der Waals surface area contributed by atoms with Crippen LogP contribution in [0.3, 0.4) is 0 Å². The molecule has 3 nitrogen and oxygen atoms in total. The first-order valence-electron chi connectivity index (χ1n) is 5.35. The van der Waals surface area contributed by atoms with Crippen LogP contribution in [-0.2, 0) is 4.79 Å². The van der Waals surface area contributed by atoms with E-state index in [1.807, 2.05) is 11.9 Å². The predicted octanol–water partition coefficient (Wildman–Crippen LogP) is 2.45. The summed E-state index contributed by atoms with van der Waals surface area (Å²) in [5.74, 6) is -0.786. The molecule has 0 saturated heterocycles. The molecule has 1 N–H and O–H groups in total. The Hall–Kier alpha value is -0.130. The first-order valence-corrected chi connectivity index (χ1v) is 6.20. The van der Waals surface area contributed by atoms with E-state index in [9.17, 15) is 4.79 Å². The molecule has 0 saturated carbocycles. The first kappa shape index (κ1) is 15.9. The maximum atomic E-state index is 10.7. The van der Waals surface area contributed by atoms with E-state index >= 15 is 0 Å². The van der Waals surface area contributed by atoms with Gasteiger partial charge in [-0.15, -0.1) is 12.6 Å². The van der Waals surface area contributed by atoms with Crippen molar-refractivity contribution in [2.45, 2.75) is 39.7 Å². The highest BCUT2D eigenvalue weighted by Crippen LogP contribution is 2.26. The highest BCUT2D eigenvalue weighted by molar-refractivity contribution is 8.11. The van der Waals surface area contributed by atoms with Crippen LogP contribution in [0.1, 0.15) is 33.6 Å². The second kappa shape index (κ2) is 6.57. The van der Waals surface area contributed by atoms with Gasteiger partial charge in [0, 0.05) is 5.41 Å². The molecule has 0 aromatic heterocycles. The minimum Gasteiger partial charge on any atom is -0.480 e. The summed E-state index contributed by atoms with van der Waals surface area (Å²) in [6, 6.07) is -0.439. The lowest BCUT2D eigenvalue weighted by Crippen LogP contribution is -2.36. The van der Waals surface area contributed by atoms with Crippen molar-refractivity contribution in [3.8, 4) is 0 Å². The van der Waals surface area contributed by atoms with Gasteiger partial charge in [0.1, 0.15) is 6.04 Å². The van der Waals surface area contributed by atoms with Gasteiger partial charge in [-0.05, 0) is 33.4 Å². The number of carboxylic acids is 1. The summed E-state index contributed by atoms with van der Waals surface area (Å²) in [5.41, 5.74) is -0.0637. The molecule has 0 aliphatic rings. The van der Waals surface area contributed by atoms with Crippen molar-refractivity contribution in [1.29, 1.82) is 0 Å². The molecule has 0 bridgehead atoms. The van der Waals surface area contributed by atoms with Crippen molar-refractivity contribution < 1.29 is 9.90 Å². The minimum atomic E-state index is -0.786. The summed E-state index contributed by atoms with van der Waals surface area (Å²) < 4.78 is 0.710. The summed E-state index contributed by atoms with van der Waals surface area (Å²) in [5, 5.41) is 8.83. The molecular formula is C11H21NO2S2. The van der Waals surface area contributed by atoms with Gasteiger partial charge >= 0.3 is 5.97 Å². The zero-order valence-corrected chi connectivity index (χ0v) is 12.1. The van der Waals surface area contributed by atoms with Gasteiger partial charge in [0.05, 0.1) is 4.20 Å². The molecule has 0 aliphatic heterocycles. The monoisotopic (exact) mass is 263 g/mol. The molecule has 1 atom stereocenters. The summed E-state index contributed by atoms with van der Waals surface area (Å²) in [7, 11) is 1.82. The number of carboxylic acid groups (broad SMARTS) is 1. The molecule has 0 amide bonds. The zero-order valence-electron chi connectivity index (χ0n) is 10.4. The van der Waals surface area contributed by atoms with E-state index in [-0.39, 0.29) is 5.41 Å². The van der Waals surface area contributed by atoms with Crippen LogP contribution in [0.5, 0.6) is 0 Å². The number of aliphatic carboxylic acids is 1. The number of hydrogen-bond acceptors (Lipinski definition) is 3. The van der Waals surface area contributed by atoms with E-state index in [4.69, 9.17) is 17.3 Å². The average Bonchev–Trinajstić information content (AvgIpc) is 2.15. The Morgan fingerprint density at radius 1 is 1.56 bits per heavy atom. The number of hydrogen-bond donors (Lipinski definition) is 2. The normalized spacial score (nSPS) is 13.9. The zero-order chi connectivity index (χ0) is 12.9. The highest BCUT2D eigenvalue weighted by atomic mass is 32.1. The smallest absolute Gasteiger partial charge is 0.320 e. The third-order valence-corrected chi connectivity index (χ3v) is 4.07. The molecule has 94 valence electrons. The van der Waals surface area contributed by atoms with Crippen LogP contribution < -0.4 is 0 Å². The molecule has 5 heteroatoms. The summed E-state index contributed by atoms with van der Waals surface area (Å²) >= 11 is 9.26. The fourth-order valence-electron chi connectivity index (χ4n) is 1.26. The molecule has 0 aliphatic carbocycles. The van der Waals surface area contributed by atoms with E-state index in [0.29, 0.717) is 4.20 Å². The van der Waals surface area contributed by atoms with Crippen LogP contribution in [0.2, 0.25) is 0 Å². The highest BCUT2D eigenvalue weighted by Gasteiger charge is 2.22. The predicted molar refractivity (Wildman–Crippen MR) is 74.3 cm³/mol. The Morgan fingerprint density at radius 3 is 2.44 bits per heavy atom. The average molecular weight is 263 g/mol. The van der Waals surface area contributed by atoms with E-state index in [1.165, 1.54) is 0 Å². The summed E-state index contributed by atoms with van der Waals surface area (Å²) in [6.07, 6.45) is 1.84. The number of nitrogens with zero attached hydrogens (tertiary/aromatic N) is 1. The van der Waals surface area contributed by atoms with Crippen LogP contribution in [-0.4, -0.2) is 39.8 Å². The first-order chi connectivity index (χ1) is 7.18. The molecular weight excluding hydrogens is 242 g/mol. The number of likely N-dealkylation sites (N-methyl/N-ethyl adjacent to an activating group) is 1. The van der Waals surface area contributed by atoms with Crippen molar-refractivity contribution in [2.24, 2.45) is 5.41 Å². The summed E-state index contributed by atoms with van der Waals surface area (Å²) in [6.45, 7) is 6.57. The lowest BCUT2D eigenvalue weighted by Gasteiger charge is -2.26. The van der Waals surface area contributed by atoms with E-state index < -0.39 is 12.0 Å². The van der Waals surface area contributed by atoms with Crippen molar-refractivity contribution in [3.05, 3.63) is 0 Å². The number of carbonyl (C=O) groups is 1. The van der Waals surface area contributed by atoms with Gasteiger partial charge in [0.25, 0.3) is 0 Å². The SMILES string of the molecule is C[C@@H](C(=O)O)N(C)CCCC(C)(C)C(=S)S. The Morgan fingerprint density at radius 2 is 2.06 bits per heavy atom. The van der Waals surface area contributed by atoms with Gasteiger partial charge < -0.3 is 5.11 Å².